The van der Waals surface area contributed by atoms with Gasteiger partial charge in [-0.25, -0.2) is 0 Å². The normalized spacial score (nSPS) is 15.4. The number of hydrogen-bond acceptors (Lipinski definition) is 4. The molecule has 0 saturated carbocycles. The lowest BCUT2D eigenvalue weighted by atomic mass is 10.1. The molecule has 3 aromatic rings. The van der Waals surface area contributed by atoms with E-state index >= 15 is 0 Å². The van der Waals surface area contributed by atoms with Gasteiger partial charge in [0.05, 0.1) is 13.0 Å². The Balaban J connectivity index is 1.36. The number of ether oxygens (including phenoxy) is 1. The molecule has 33 heavy (non-hydrogen) atoms. The van der Waals surface area contributed by atoms with E-state index in [-0.39, 0.29) is 24.1 Å². The van der Waals surface area contributed by atoms with E-state index < -0.39 is 5.92 Å². The Bertz CT molecular complexity index is 1160. The number of amides is 3. The molecule has 2 heterocycles. The Labute approximate surface area is 192 Å². The van der Waals surface area contributed by atoms with Crippen molar-refractivity contribution in [2.45, 2.75) is 20.3 Å². The molecule has 4 rings (SSSR count). The van der Waals surface area contributed by atoms with Crippen LogP contribution in [-0.2, 0) is 9.59 Å². The number of carbonyl (C=O) groups excluding carboxylic acids is 3. The highest BCUT2D eigenvalue weighted by Crippen LogP contribution is 2.27. The van der Waals surface area contributed by atoms with Gasteiger partial charge in [-0.15, -0.1) is 0 Å². The van der Waals surface area contributed by atoms with E-state index in [4.69, 9.17) is 4.74 Å². The molecule has 0 unspecified atom stereocenters. The topological polar surface area (TPSA) is 92.7 Å². The standard InChI is InChI=1S/C25H26N4O4/c1-16-4-5-17(2)29(16)27-25(32)18-6-8-20(9-7-18)26-24(31)19-14-23(30)28(15-19)21-10-12-22(33-3)13-11-21/h4-13,19H,14-15H2,1-3H3,(H,26,31)(H,27,32)/t19-/m1/s1. The van der Waals surface area contributed by atoms with Gasteiger partial charge in [0.1, 0.15) is 5.75 Å². The number of nitrogens with one attached hydrogen (secondary N) is 2. The molecular weight excluding hydrogens is 420 g/mol. The predicted molar refractivity (Wildman–Crippen MR) is 126 cm³/mol. The van der Waals surface area contributed by atoms with Crippen molar-refractivity contribution >= 4 is 29.1 Å². The van der Waals surface area contributed by atoms with E-state index in [2.05, 4.69) is 10.7 Å². The number of benzene rings is 2. The quantitative estimate of drug-likeness (QED) is 0.606. The maximum Gasteiger partial charge on any atom is 0.270 e. The minimum Gasteiger partial charge on any atom is -0.497 e. The SMILES string of the molecule is COc1ccc(N2C[C@H](C(=O)Nc3ccc(C(=O)Nn4c(C)ccc4C)cc3)CC2=O)cc1. The summed E-state index contributed by atoms with van der Waals surface area (Å²) in [5.41, 5.74) is 6.49. The average molecular weight is 447 g/mol. The number of carbonyl (C=O) groups is 3. The zero-order valence-electron chi connectivity index (χ0n) is 18.8. The van der Waals surface area contributed by atoms with Crippen LogP contribution in [0.2, 0.25) is 0 Å². The van der Waals surface area contributed by atoms with Gasteiger partial charge in [-0.05, 0) is 74.5 Å². The van der Waals surface area contributed by atoms with Crippen molar-refractivity contribution in [2.75, 3.05) is 29.3 Å². The molecule has 8 heteroatoms. The monoisotopic (exact) mass is 446 g/mol. The highest BCUT2D eigenvalue weighted by molar-refractivity contribution is 6.04. The maximum atomic E-state index is 12.8. The fraction of sp³-hybridized carbons (Fsp3) is 0.240. The molecule has 0 spiro atoms. The lowest BCUT2D eigenvalue weighted by Crippen LogP contribution is -2.28. The number of aryl methyl sites for hydroxylation is 2. The number of anilines is 2. The summed E-state index contributed by atoms with van der Waals surface area (Å²) in [7, 11) is 1.58. The summed E-state index contributed by atoms with van der Waals surface area (Å²) < 4.78 is 6.88. The van der Waals surface area contributed by atoms with Gasteiger partial charge in [0.2, 0.25) is 11.8 Å². The minimum absolute atomic E-state index is 0.0945. The van der Waals surface area contributed by atoms with E-state index in [1.165, 1.54) is 0 Å². The van der Waals surface area contributed by atoms with E-state index in [1.54, 1.807) is 65.2 Å². The molecule has 0 aliphatic carbocycles. The first kappa shape index (κ1) is 22.1. The Kier molecular flexibility index (Phi) is 6.17. The Morgan fingerprint density at radius 3 is 2.18 bits per heavy atom. The molecule has 2 N–H and O–H groups in total. The molecule has 1 aliphatic rings. The lowest BCUT2D eigenvalue weighted by Gasteiger charge is -2.17. The van der Waals surface area contributed by atoms with Gasteiger partial charge in [-0.2, -0.15) is 0 Å². The summed E-state index contributed by atoms with van der Waals surface area (Å²) in [5, 5.41) is 2.85. The van der Waals surface area contributed by atoms with Crippen molar-refractivity contribution in [1.29, 1.82) is 0 Å². The van der Waals surface area contributed by atoms with Crippen LogP contribution in [0.4, 0.5) is 11.4 Å². The summed E-state index contributed by atoms with van der Waals surface area (Å²) in [6.07, 6.45) is 0.147. The molecule has 0 radical (unpaired) electrons. The van der Waals surface area contributed by atoms with Crippen molar-refractivity contribution in [2.24, 2.45) is 5.92 Å². The van der Waals surface area contributed by atoms with Gasteiger partial charge in [0.25, 0.3) is 5.91 Å². The number of rotatable bonds is 6. The van der Waals surface area contributed by atoms with Crippen LogP contribution < -0.4 is 20.4 Å². The van der Waals surface area contributed by atoms with Gasteiger partial charge in [0, 0.05) is 41.3 Å². The number of aromatic nitrogens is 1. The third-order valence-corrected chi connectivity index (χ3v) is 5.78. The summed E-state index contributed by atoms with van der Waals surface area (Å²) in [6, 6.07) is 17.7. The molecule has 1 saturated heterocycles. The van der Waals surface area contributed by atoms with Gasteiger partial charge in [-0.3, -0.25) is 24.5 Å². The fourth-order valence-corrected chi connectivity index (χ4v) is 3.86. The van der Waals surface area contributed by atoms with Crippen molar-refractivity contribution < 1.29 is 19.1 Å². The number of nitrogens with zero attached hydrogens (tertiary/aromatic N) is 2. The van der Waals surface area contributed by atoms with Crippen LogP contribution in [0.15, 0.2) is 60.7 Å². The van der Waals surface area contributed by atoms with Gasteiger partial charge >= 0.3 is 0 Å². The third kappa shape index (κ3) is 4.74. The third-order valence-electron chi connectivity index (χ3n) is 5.78. The Hall–Kier alpha value is -4.07. The zero-order valence-corrected chi connectivity index (χ0v) is 18.8. The summed E-state index contributed by atoms with van der Waals surface area (Å²) >= 11 is 0. The largest absolute Gasteiger partial charge is 0.497 e. The lowest BCUT2D eigenvalue weighted by molar-refractivity contribution is -0.122. The second kappa shape index (κ2) is 9.20. The highest BCUT2D eigenvalue weighted by Gasteiger charge is 2.35. The van der Waals surface area contributed by atoms with Crippen LogP contribution in [0.25, 0.3) is 0 Å². The van der Waals surface area contributed by atoms with E-state index in [9.17, 15) is 14.4 Å². The van der Waals surface area contributed by atoms with Crippen LogP contribution in [0.1, 0.15) is 28.2 Å². The minimum atomic E-state index is -0.456. The maximum absolute atomic E-state index is 12.8. The summed E-state index contributed by atoms with van der Waals surface area (Å²) in [5.74, 6) is -0.317. The molecule has 1 atom stereocenters. The van der Waals surface area contributed by atoms with E-state index in [1.807, 2.05) is 26.0 Å². The summed E-state index contributed by atoms with van der Waals surface area (Å²) in [6.45, 7) is 4.14. The molecule has 8 nitrogen and oxygen atoms in total. The second-order valence-corrected chi connectivity index (χ2v) is 8.06. The van der Waals surface area contributed by atoms with Gasteiger partial charge in [0.15, 0.2) is 0 Å². The predicted octanol–water partition coefficient (Wildman–Crippen LogP) is 3.49. The van der Waals surface area contributed by atoms with Crippen LogP contribution in [0, 0.1) is 19.8 Å². The molecule has 2 aromatic carbocycles. The first-order valence-corrected chi connectivity index (χ1v) is 10.7. The molecule has 0 bridgehead atoms. The van der Waals surface area contributed by atoms with Crippen molar-refractivity contribution in [3.05, 3.63) is 77.6 Å². The van der Waals surface area contributed by atoms with Gasteiger partial charge in [-0.1, -0.05) is 0 Å². The second-order valence-electron chi connectivity index (χ2n) is 8.06. The van der Waals surface area contributed by atoms with Crippen LogP contribution in [-0.4, -0.2) is 36.1 Å². The van der Waals surface area contributed by atoms with E-state index in [0.717, 1.165) is 17.1 Å². The first-order valence-electron chi connectivity index (χ1n) is 10.7. The smallest absolute Gasteiger partial charge is 0.270 e. The highest BCUT2D eigenvalue weighted by atomic mass is 16.5. The molecule has 3 amide bonds. The first-order chi connectivity index (χ1) is 15.9. The Morgan fingerprint density at radius 1 is 0.939 bits per heavy atom. The van der Waals surface area contributed by atoms with Crippen molar-refractivity contribution in [3.8, 4) is 5.75 Å². The van der Waals surface area contributed by atoms with Crippen LogP contribution in [0.3, 0.4) is 0 Å². The number of hydrogen-bond donors (Lipinski definition) is 2. The zero-order chi connectivity index (χ0) is 23.5. The van der Waals surface area contributed by atoms with Crippen LogP contribution in [0.5, 0.6) is 5.75 Å². The fourth-order valence-electron chi connectivity index (χ4n) is 3.86. The van der Waals surface area contributed by atoms with E-state index in [0.29, 0.717) is 23.5 Å². The molecular formula is C25H26N4O4. The van der Waals surface area contributed by atoms with Crippen molar-refractivity contribution in [3.63, 3.8) is 0 Å². The molecule has 1 aliphatic heterocycles. The van der Waals surface area contributed by atoms with Crippen LogP contribution >= 0.6 is 0 Å². The van der Waals surface area contributed by atoms with Gasteiger partial charge < -0.3 is 15.0 Å². The molecule has 1 fully saturated rings. The Morgan fingerprint density at radius 2 is 1.58 bits per heavy atom. The molecule has 1 aromatic heterocycles. The molecule has 170 valence electrons. The number of methoxy groups -OCH3 is 1. The average Bonchev–Trinajstić information content (AvgIpc) is 3.36. The summed E-state index contributed by atoms with van der Waals surface area (Å²) in [4.78, 5) is 39.4. The van der Waals surface area contributed by atoms with Crippen molar-refractivity contribution in [1.82, 2.24) is 4.68 Å².